The van der Waals surface area contributed by atoms with Gasteiger partial charge in [-0.05, 0) is 43.5 Å². The van der Waals surface area contributed by atoms with Crippen molar-refractivity contribution >= 4 is 5.91 Å². The molecule has 1 atom stereocenters. The molecule has 3 aromatic heterocycles. The summed E-state index contributed by atoms with van der Waals surface area (Å²) >= 11 is 0. The number of nitrogens with zero attached hydrogens (tertiary/aromatic N) is 4. The van der Waals surface area contributed by atoms with Crippen LogP contribution in [0.25, 0.3) is 5.69 Å². The van der Waals surface area contributed by atoms with Crippen molar-refractivity contribution in [1.82, 2.24) is 25.1 Å². The molecule has 1 amide bonds. The number of carbonyl (C=O) groups excluding carboxylic acids is 1. The molecule has 0 bridgehead atoms. The van der Waals surface area contributed by atoms with Gasteiger partial charge in [0.15, 0.2) is 0 Å². The summed E-state index contributed by atoms with van der Waals surface area (Å²) in [5.41, 5.74) is -1.10. The third-order valence-corrected chi connectivity index (χ3v) is 5.02. The molecular formula is C20H15F6N5O. The normalized spacial score (nSPS) is 16.5. The zero-order valence-electron chi connectivity index (χ0n) is 16.2. The maximum atomic E-state index is 13.0. The number of hydrogen-bond acceptors (Lipinski definition) is 4. The molecule has 168 valence electrons. The van der Waals surface area contributed by atoms with Crippen LogP contribution in [0.15, 0.2) is 42.9 Å². The van der Waals surface area contributed by atoms with Gasteiger partial charge in [0.25, 0.3) is 5.91 Å². The summed E-state index contributed by atoms with van der Waals surface area (Å²) in [5.74, 6) is -0.716. The number of nitrogens with one attached hydrogen (secondary N) is 1. The highest BCUT2D eigenvalue weighted by atomic mass is 19.4. The van der Waals surface area contributed by atoms with Crippen molar-refractivity contribution < 1.29 is 31.1 Å². The van der Waals surface area contributed by atoms with Crippen LogP contribution < -0.4 is 5.32 Å². The van der Waals surface area contributed by atoms with E-state index in [9.17, 15) is 31.1 Å². The molecule has 4 rings (SSSR count). The smallest absolute Gasteiger partial charge is 0.345 e. The molecule has 0 spiro atoms. The molecule has 0 saturated heterocycles. The molecule has 1 N–H and O–H groups in total. The maximum absolute atomic E-state index is 13.0. The first-order chi connectivity index (χ1) is 15.0. The number of pyridine rings is 2. The summed E-state index contributed by atoms with van der Waals surface area (Å²) in [6.07, 6.45) is -4.14. The summed E-state index contributed by atoms with van der Waals surface area (Å²) in [6.45, 7) is 0. The number of amides is 1. The highest BCUT2D eigenvalue weighted by Gasteiger charge is 2.34. The van der Waals surface area contributed by atoms with E-state index in [0.29, 0.717) is 36.6 Å². The van der Waals surface area contributed by atoms with Crippen LogP contribution in [0.3, 0.4) is 0 Å². The summed E-state index contributed by atoms with van der Waals surface area (Å²) in [5, 5.41) is 7.02. The average Bonchev–Trinajstić information content (AvgIpc) is 3.18. The van der Waals surface area contributed by atoms with Gasteiger partial charge in [-0.15, -0.1) is 0 Å². The molecule has 3 heterocycles. The SMILES string of the molecule is O=C(NC1CCCc2nn(-c3ccnc(C(F)(F)F)c3)cc21)c1ccnc(C(F)(F)F)c1. The predicted octanol–water partition coefficient (Wildman–Crippen LogP) is 4.51. The Balaban J connectivity index is 1.59. The number of aromatic nitrogens is 4. The van der Waals surface area contributed by atoms with E-state index in [1.165, 1.54) is 23.0 Å². The van der Waals surface area contributed by atoms with Crippen LogP contribution in [-0.2, 0) is 18.8 Å². The minimum Gasteiger partial charge on any atom is -0.345 e. The summed E-state index contributed by atoms with van der Waals surface area (Å²) in [6, 6.07) is 3.52. The van der Waals surface area contributed by atoms with Crippen LogP contribution >= 0.6 is 0 Å². The molecule has 0 radical (unpaired) electrons. The molecule has 1 unspecified atom stereocenters. The van der Waals surface area contributed by atoms with Gasteiger partial charge in [0.1, 0.15) is 11.4 Å². The topological polar surface area (TPSA) is 72.7 Å². The van der Waals surface area contributed by atoms with Crippen molar-refractivity contribution in [3.8, 4) is 5.69 Å². The number of alkyl halides is 6. The summed E-state index contributed by atoms with van der Waals surface area (Å²) < 4.78 is 78.8. The first-order valence-electron chi connectivity index (χ1n) is 9.48. The largest absolute Gasteiger partial charge is 0.433 e. The van der Waals surface area contributed by atoms with Crippen LogP contribution in [0.2, 0.25) is 0 Å². The lowest BCUT2D eigenvalue weighted by Gasteiger charge is -2.22. The lowest BCUT2D eigenvalue weighted by atomic mass is 9.93. The number of rotatable bonds is 3. The van der Waals surface area contributed by atoms with E-state index in [4.69, 9.17) is 0 Å². The van der Waals surface area contributed by atoms with Gasteiger partial charge in [0, 0.05) is 29.7 Å². The Hall–Kier alpha value is -3.44. The third kappa shape index (κ3) is 4.43. The Labute approximate surface area is 177 Å². The van der Waals surface area contributed by atoms with E-state index in [1.54, 1.807) is 0 Å². The minimum absolute atomic E-state index is 0.149. The highest BCUT2D eigenvalue weighted by Crippen LogP contribution is 2.32. The number of halogens is 6. The average molecular weight is 455 g/mol. The molecule has 0 aliphatic heterocycles. The van der Waals surface area contributed by atoms with Crippen LogP contribution in [-0.4, -0.2) is 25.7 Å². The lowest BCUT2D eigenvalue weighted by Crippen LogP contribution is -2.30. The molecule has 6 nitrogen and oxygen atoms in total. The highest BCUT2D eigenvalue weighted by molar-refractivity contribution is 5.94. The van der Waals surface area contributed by atoms with E-state index in [-0.39, 0.29) is 11.3 Å². The molecule has 3 aromatic rings. The van der Waals surface area contributed by atoms with Crippen molar-refractivity contribution in [3.63, 3.8) is 0 Å². The second-order valence-electron chi connectivity index (χ2n) is 7.22. The fraction of sp³-hybridized carbons (Fsp3) is 0.300. The molecule has 0 fully saturated rings. The van der Waals surface area contributed by atoms with E-state index >= 15 is 0 Å². The second-order valence-corrected chi connectivity index (χ2v) is 7.22. The molecule has 0 saturated carbocycles. The Morgan fingerprint density at radius 1 is 1.00 bits per heavy atom. The standard InChI is InChI=1S/C20H15F6N5O/c21-19(22,23)16-8-11(4-6-27-16)18(32)29-14-2-1-3-15-13(14)10-31(30-15)12-5-7-28-17(9-12)20(24,25)26/h4-10,14H,1-3H2,(H,29,32). The van der Waals surface area contributed by atoms with Crippen molar-refractivity contribution in [2.45, 2.75) is 37.7 Å². The Morgan fingerprint density at radius 2 is 1.66 bits per heavy atom. The summed E-state index contributed by atoms with van der Waals surface area (Å²) in [4.78, 5) is 19.1. The molecule has 32 heavy (non-hydrogen) atoms. The van der Waals surface area contributed by atoms with E-state index in [0.717, 1.165) is 18.5 Å². The van der Waals surface area contributed by atoms with Crippen molar-refractivity contribution in [1.29, 1.82) is 0 Å². The van der Waals surface area contributed by atoms with Crippen LogP contribution in [0.1, 0.15) is 51.9 Å². The number of fused-ring (bicyclic) bond motifs is 1. The Kier molecular flexibility index (Phi) is 5.39. The van der Waals surface area contributed by atoms with Crippen molar-refractivity contribution in [2.75, 3.05) is 0 Å². The van der Waals surface area contributed by atoms with Gasteiger partial charge in [-0.3, -0.25) is 14.8 Å². The number of carbonyl (C=O) groups is 1. The number of aryl methyl sites for hydroxylation is 1. The molecule has 0 aromatic carbocycles. The van der Waals surface area contributed by atoms with Gasteiger partial charge in [0.2, 0.25) is 0 Å². The van der Waals surface area contributed by atoms with Crippen LogP contribution in [0, 0.1) is 0 Å². The van der Waals surface area contributed by atoms with E-state index in [1.807, 2.05) is 0 Å². The summed E-state index contributed by atoms with van der Waals surface area (Å²) in [7, 11) is 0. The fourth-order valence-electron chi connectivity index (χ4n) is 3.50. The fourth-order valence-corrected chi connectivity index (χ4v) is 3.50. The Morgan fingerprint density at radius 3 is 2.34 bits per heavy atom. The molecule has 12 heteroatoms. The van der Waals surface area contributed by atoms with Gasteiger partial charge in [-0.1, -0.05) is 0 Å². The lowest BCUT2D eigenvalue weighted by molar-refractivity contribution is -0.142. The number of hydrogen-bond donors (Lipinski definition) is 1. The zero-order valence-corrected chi connectivity index (χ0v) is 16.2. The minimum atomic E-state index is -4.69. The van der Waals surface area contributed by atoms with Gasteiger partial charge in [0.05, 0.1) is 17.4 Å². The van der Waals surface area contributed by atoms with Gasteiger partial charge < -0.3 is 5.32 Å². The van der Waals surface area contributed by atoms with E-state index < -0.39 is 35.7 Å². The first-order valence-corrected chi connectivity index (χ1v) is 9.48. The van der Waals surface area contributed by atoms with Gasteiger partial charge >= 0.3 is 12.4 Å². The van der Waals surface area contributed by atoms with E-state index in [2.05, 4.69) is 20.4 Å². The molecular weight excluding hydrogens is 440 g/mol. The molecule has 1 aliphatic carbocycles. The monoisotopic (exact) mass is 455 g/mol. The first kappa shape index (κ1) is 21.8. The van der Waals surface area contributed by atoms with Crippen LogP contribution in [0.5, 0.6) is 0 Å². The van der Waals surface area contributed by atoms with Crippen molar-refractivity contribution in [2.24, 2.45) is 0 Å². The molecule has 1 aliphatic rings. The third-order valence-electron chi connectivity index (χ3n) is 5.02. The van der Waals surface area contributed by atoms with Crippen LogP contribution in [0.4, 0.5) is 26.3 Å². The van der Waals surface area contributed by atoms with Crippen molar-refractivity contribution in [3.05, 3.63) is 71.1 Å². The second kappa shape index (κ2) is 7.92. The van der Waals surface area contributed by atoms with Gasteiger partial charge in [-0.25, -0.2) is 4.68 Å². The Bertz CT molecular complexity index is 1150. The zero-order chi connectivity index (χ0) is 23.1. The maximum Gasteiger partial charge on any atom is 0.433 e. The van der Waals surface area contributed by atoms with Gasteiger partial charge in [-0.2, -0.15) is 31.4 Å². The quantitative estimate of drug-likeness (QED) is 0.590. The predicted molar refractivity (Wildman–Crippen MR) is 98.7 cm³/mol.